The first kappa shape index (κ1) is 9.44. The number of fused-ring (bicyclic) bond motifs is 1. The highest BCUT2D eigenvalue weighted by Crippen LogP contribution is 2.22. The predicted molar refractivity (Wildman–Crippen MR) is 52.1 cm³/mol. The van der Waals surface area contributed by atoms with E-state index in [9.17, 15) is 9.59 Å². The van der Waals surface area contributed by atoms with E-state index in [1.54, 1.807) is 12.1 Å². The van der Waals surface area contributed by atoms with Gasteiger partial charge in [0.15, 0.2) is 0 Å². The summed E-state index contributed by atoms with van der Waals surface area (Å²) in [6, 6.07) is 4.84. The van der Waals surface area contributed by atoms with Gasteiger partial charge in [-0.05, 0) is 12.1 Å². The number of cyclic esters (lactones) is 2. The molecule has 0 bridgehead atoms. The lowest BCUT2D eigenvalue weighted by Gasteiger charge is -1.95. The van der Waals surface area contributed by atoms with Gasteiger partial charge in [0, 0.05) is 5.56 Å². The molecule has 1 heterocycles. The summed E-state index contributed by atoms with van der Waals surface area (Å²) in [5.74, 6) is 4.10. The largest absolute Gasteiger partial charge is 0.386 e. The molecule has 0 unspecified atom stereocenters. The van der Waals surface area contributed by atoms with E-state index in [0.29, 0.717) is 5.56 Å². The van der Waals surface area contributed by atoms with Crippen molar-refractivity contribution >= 4 is 11.9 Å². The molecule has 0 fully saturated rings. The minimum atomic E-state index is -0.642. The average Bonchev–Trinajstić information content (AvgIpc) is 2.53. The van der Waals surface area contributed by atoms with Crippen molar-refractivity contribution in [1.29, 1.82) is 0 Å². The van der Waals surface area contributed by atoms with Gasteiger partial charge >= 0.3 is 11.9 Å². The number of hydrogen-bond donors (Lipinski definition) is 1. The second kappa shape index (κ2) is 3.56. The average molecular weight is 201 g/mol. The number of hydrogen-bond acceptors (Lipinski definition) is 4. The number of esters is 2. The summed E-state index contributed by atoms with van der Waals surface area (Å²) in [4.78, 5) is 22.5. The monoisotopic (exact) mass is 201 g/mol. The third-order valence-electron chi connectivity index (χ3n) is 2.00. The van der Waals surface area contributed by atoms with Gasteiger partial charge in [-0.15, -0.1) is 0 Å². The maximum absolute atomic E-state index is 11.3. The lowest BCUT2D eigenvalue weighted by atomic mass is 10.0. The Morgan fingerprint density at radius 1 is 1.27 bits per heavy atom. The molecule has 0 spiro atoms. The topological polar surface area (TPSA) is 69.4 Å². The van der Waals surface area contributed by atoms with Gasteiger partial charge in [-0.1, -0.05) is 17.9 Å². The van der Waals surface area contributed by atoms with Gasteiger partial charge in [-0.3, -0.25) is 0 Å². The van der Waals surface area contributed by atoms with Crippen LogP contribution in [-0.4, -0.2) is 18.5 Å². The number of ether oxygens (including phenoxy) is 1. The van der Waals surface area contributed by atoms with E-state index < -0.39 is 11.9 Å². The lowest BCUT2D eigenvalue weighted by molar-refractivity contribution is 0.0444. The molecule has 0 saturated heterocycles. The van der Waals surface area contributed by atoms with E-state index in [-0.39, 0.29) is 17.7 Å². The summed E-state index contributed by atoms with van der Waals surface area (Å²) >= 11 is 0. The van der Waals surface area contributed by atoms with Crippen molar-refractivity contribution in [3.8, 4) is 11.8 Å². The fraction of sp³-hybridized carbons (Fsp3) is 0.0909. The highest BCUT2D eigenvalue weighted by molar-refractivity contribution is 6.15. The number of rotatable bonds is 0. The number of nitrogens with two attached hydrogens (primary N) is 1. The molecule has 0 aliphatic carbocycles. The van der Waals surface area contributed by atoms with Crippen molar-refractivity contribution in [3.05, 3.63) is 34.9 Å². The molecule has 74 valence electrons. The first-order valence-corrected chi connectivity index (χ1v) is 4.32. The Morgan fingerprint density at radius 2 is 2.07 bits per heavy atom. The summed E-state index contributed by atoms with van der Waals surface area (Å²) in [5, 5.41) is 0. The lowest BCUT2D eigenvalue weighted by Crippen LogP contribution is -1.99. The van der Waals surface area contributed by atoms with E-state index in [1.807, 2.05) is 0 Å². The Kier molecular flexibility index (Phi) is 2.24. The molecule has 0 aromatic heterocycles. The van der Waals surface area contributed by atoms with Crippen LogP contribution in [0.1, 0.15) is 26.3 Å². The summed E-state index contributed by atoms with van der Waals surface area (Å²) in [6.45, 7) is 0.201. The van der Waals surface area contributed by atoms with Gasteiger partial charge in [0.1, 0.15) is 0 Å². The Hall–Kier alpha value is -2.12. The minimum absolute atomic E-state index is 0.201. The number of benzene rings is 1. The van der Waals surface area contributed by atoms with E-state index >= 15 is 0 Å². The van der Waals surface area contributed by atoms with Crippen molar-refractivity contribution < 1.29 is 14.3 Å². The molecule has 0 saturated carbocycles. The first-order chi connectivity index (χ1) is 7.24. The Balaban J connectivity index is 2.60. The van der Waals surface area contributed by atoms with Gasteiger partial charge in [0.25, 0.3) is 0 Å². The fourth-order valence-corrected chi connectivity index (χ4v) is 1.38. The fourth-order valence-electron chi connectivity index (χ4n) is 1.38. The van der Waals surface area contributed by atoms with Crippen molar-refractivity contribution in [2.45, 2.75) is 0 Å². The summed E-state index contributed by atoms with van der Waals surface area (Å²) in [5.41, 5.74) is 6.21. The molecule has 0 radical (unpaired) electrons. The normalized spacial score (nSPS) is 12.9. The van der Waals surface area contributed by atoms with Crippen LogP contribution in [0.4, 0.5) is 0 Å². The molecule has 2 N–H and O–H groups in total. The Labute approximate surface area is 86.0 Å². The van der Waals surface area contributed by atoms with E-state index in [2.05, 4.69) is 16.6 Å². The number of carbonyl (C=O) groups excluding carboxylic acids is 2. The Morgan fingerprint density at radius 3 is 2.80 bits per heavy atom. The molecular formula is C11H7NO3. The maximum Gasteiger partial charge on any atom is 0.348 e. The van der Waals surface area contributed by atoms with Crippen molar-refractivity contribution in [1.82, 2.24) is 0 Å². The predicted octanol–water partition coefficient (Wildman–Crippen LogP) is 0.307. The number of carbonyl (C=O) groups is 2. The Bertz CT molecular complexity index is 508. The van der Waals surface area contributed by atoms with Crippen LogP contribution in [0.5, 0.6) is 0 Å². The van der Waals surface area contributed by atoms with Crippen LogP contribution in [0.3, 0.4) is 0 Å². The standard InChI is InChI=1S/C11H7NO3/c12-6-2-4-7-3-1-5-8-9(7)11(14)15-10(8)13/h1,3,5H,6,12H2. The molecule has 0 amide bonds. The summed E-state index contributed by atoms with van der Waals surface area (Å²) < 4.78 is 4.48. The van der Waals surface area contributed by atoms with Crippen molar-refractivity contribution in [2.75, 3.05) is 6.54 Å². The van der Waals surface area contributed by atoms with Crippen molar-refractivity contribution in [3.63, 3.8) is 0 Å². The minimum Gasteiger partial charge on any atom is -0.386 e. The molecule has 0 atom stereocenters. The van der Waals surface area contributed by atoms with Crippen LogP contribution in [0, 0.1) is 11.8 Å². The zero-order valence-corrected chi connectivity index (χ0v) is 7.74. The van der Waals surface area contributed by atoms with Crippen LogP contribution in [0.2, 0.25) is 0 Å². The third-order valence-corrected chi connectivity index (χ3v) is 2.00. The molecule has 15 heavy (non-hydrogen) atoms. The smallest absolute Gasteiger partial charge is 0.348 e. The molecular weight excluding hydrogens is 194 g/mol. The molecule has 1 aromatic carbocycles. The van der Waals surface area contributed by atoms with Gasteiger partial charge in [0.05, 0.1) is 17.7 Å². The van der Waals surface area contributed by atoms with Crippen LogP contribution in [-0.2, 0) is 4.74 Å². The van der Waals surface area contributed by atoms with E-state index in [1.165, 1.54) is 6.07 Å². The zero-order chi connectivity index (χ0) is 10.8. The molecule has 1 aromatic rings. The van der Waals surface area contributed by atoms with Gasteiger partial charge < -0.3 is 10.5 Å². The van der Waals surface area contributed by atoms with Gasteiger partial charge in [0.2, 0.25) is 0 Å². The highest BCUT2D eigenvalue weighted by Gasteiger charge is 2.31. The van der Waals surface area contributed by atoms with Crippen LogP contribution < -0.4 is 5.73 Å². The highest BCUT2D eigenvalue weighted by atomic mass is 16.6. The van der Waals surface area contributed by atoms with Crippen LogP contribution >= 0.6 is 0 Å². The first-order valence-electron chi connectivity index (χ1n) is 4.32. The van der Waals surface area contributed by atoms with E-state index in [0.717, 1.165) is 0 Å². The van der Waals surface area contributed by atoms with Crippen molar-refractivity contribution in [2.24, 2.45) is 5.73 Å². The maximum atomic E-state index is 11.3. The molecule has 1 aliphatic rings. The third kappa shape index (κ3) is 1.49. The van der Waals surface area contributed by atoms with Gasteiger partial charge in [-0.2, -0.15) is 0 Å². The molecule has 2 rings (SSSR count). The summed E-state index contributed by atoms with van der Waals surface area (Å²) in [7, 11) is 0. The second-order valence-electron chi connectivity index (χ2n) is 2.91. The quantitative estimate of drug-likeness (QED) is 0.372. The zero-order valence-electron chi connectivity index (χ0n) is 7.74. The van der Waals surface area contributed by atoms with E-state index in [4.69, 9.17) is 5.73 Å². The van der Waals surface area contributed by atoms with Gasteiger partial charge in [-0.25, -0.2) is 9.59 Å². The van der Waals surface area contributed by atoms with Crippen LogP contribution in [0.15, 0.2) is 18.2 Å². The summed E-state index contributed by atoms with van der Waals surface area (Å²) in [6.07, 6.45) is 0. The molecule has 4 heteroatoms. The molecule has 4 nitrogen and oxygen atoms in total. The SMILES string of the molecule is NCC#Cc1cccc2c1C(=O)OC2=O. The van der Waals surface area contributed by atoms with Crippen LogP contribution in [0.25, 0.3) is 0 Å². The molecule has 1 aliphatic heterocycles. The second-order valence-corrected chi connectivity index (χ2v) is 2.91.